The molecule has 0 saturated carbocycles. The number of methoxy groups -OCH3 is 2. The van der Waals surface area contributed by atoms with Crippen LogP contribution in [-0.2, 0) is 0 Å². The fourth-order valence-corrected chi connectivity index (χ4v) is 1.53. The van der Waals surface area contributed by atoms with Crippen LogP contribution in [0.5, 0.6) is 11.5 Å². The van der Waals surface area contributed by atoms with E-state index in [9.17, 15) is 4.39 Å². The van der Waals surface area contributed by atoms with Crippen LogP contribution in [-0.4, -0.2) is 25.6 Å². The van der Waals surface area contributed by atoms with Crippen LogP contribution in [0.3, 0.4) is 0 Å². The maximum atomic E-state index is 13.9. The Bertz CT molecular complexity index is 500. The topological polar surface area (TPSA) is 66.6 Å². The van der Waals surface area contributed by atoms with E-state index < -0.39 is 5.82 Å². The normalized spacial score (nSPS) is 10.7. The molecule has 96 valence electrons. The van der Waals surface area contributed by atoms with Gasteiger partial charge in [0.05, 0.1) is 14.2 Å². The van der Waals surface area contributed by atoms with Gasteiger partial charge in [0.15, 0.2) is 22.9 Å². The molecule has 0 fully saturated rings. The van der Waals surface area contributed by atoms with E-state index in [4.69, 9.17) is 14.7 Å². The zero-order valence-corrected chi connectivity index (χ0v) is 11.0. The molecule has 5 nitrogen and oxygen atoms in total. The van der Waals surface area contributed by atoms with E-state index in [0.29, 0.717) is 5.75 Å². The highest BCUT2D eigenvalue weighted by molar-refractivity contribution is 8.13. The summed E-state index contributed by atoms with van der Waals surface area (Å²) < 4.78 is 23.8. The number of benzene rings is 1. The lowest BCUT2D eigenvalue weighted by Crippen LogP contribution is -2.12. The summed E-state index contributed by atoms with van der Waals surface area (Å²) >= 11 is 1.19. The van der Waals surface area contributed by atoms with Gasteiger partial charge in [-0.2, -0.15) is 5.26 Å². The predicted octanol–water partition coefficient (Wildman–Crippen LogP) is 2.26. The standard InChI is InChI=1S/C11H12FN3O2S/c1-16-7-4-8(10(12)9(5-7)17-2)15-11(18-3)14-6-13/h4-5H,1-3H3,(H,14,15). The lowest BCUT2D eigenvalue weighted by molar-refractivity contribution is 0.375. The van der Waals surface area contributed by atoms with Gasteiger partial charge in [-0.1, -0.05) is 11.8 Å². The number of hydrogen-bond acceptors (Lipinski definition) is 5. The number of nitriles is 1. The van der Waals surface area contributed by atoms with Crippen LogP contribution in [0.15, 0.2) is 17.1 Å². The van der Waals surface area contributed by atoms with Crippen LogP contribution >= 0.6 is 11.8 Å². The van der Waals surface area contributed by atoms with E-state index in [0.717, 1.165) is 0 Å². The van der Waals surface area contributed by atoms with Gasteiger partial charge < -0.3 is 9.47 Å². The quantitative estimate of drug-likeness (QED) is 0.394. The molecule has 1 N–H and O–H groups in total. The molecule has 0 bridgehead atoms. The molecule has 0 aromatic heterocycles. The number of thioether (sulfide) groups is 1. The van der Waals surface area contributed by atoms with E-state index in [1.165, 1.54) is 38.1 Å². The molecular formula is C11H12FN3O2S. The Labute approximate surface area is 109 Å². The monoisotopic (exact) mass is 269 g/mol. The number of rotatable bonds is 3. The van der Waals surface area contributed by atoms with E-state index in [-0.39, 0.29) is 16.6 Å². The third-order valence-corrected chi connectivity index (χ3v) is 2.61. The number of ether oxygens (including phenoxy) is 2. The number of amidine groups is 1. The van der Waals surface area contributed by atoms with Gasteiger partial charge in [-0.3, -0.25) is 5.32 Å². The molecule has 0 aliphatic carbocycles. The van der Waals surface area contributed by atoms with Crippen molar-refractivity contribution in [1.82, 2.24) is 5.32 Å². The second kappa shape index (κ2) is 6.71. The van der Waals surface area contributed by atoms with Crippen LogP contribution in [0.25, 0.3) is 0 Å². The number of nitrogens with one attached hydrogen (secondary N) is 1. The first-order valence-electron chi connectivity index (χ1n) is 4.85. The van der Waals surface area contributed by atoms with Crippen molar-refractivity contribution < 1.29 is 13.9 Å². The Morgan fingerprint density at radius 1 is 1.44 bits per heavy atom. The van der Waals surface area contributed by atoms with Gasteiger partial charge in [-0.25, -0.2) is 9.38 Å². The summed E-state index contributed by atoms with van der Waals surface area (Å²) in [4.78, 5) is 3.99. The molecule has 0 saturated heterocycles. The first-order valence-corrected chi connectivity index (χ1v) is 6.08. The summed E-state index contributed by atoms with van der Waals surface area (Å²) in [6.45, 7) is 0. The lowest BCUT2D eigenvalue weighted by atomic mass is 10.2. The summed E-state index contributed by atoms with van der Waals surface area (Å²) in [5, 5.41) is 11.2. The average Bonchev–Trinajstić information content (AvgIpc) is 2.40. The first-order chi connectivity index (χ1) is 8.65. The number of aliphatic imine (C=N–C) groups is 1. The average molecular weight is 269 g/mol. The Kier molecular flexibility index (Phi) is 5.27. The van der Waals surface area contributed by atoms with Crippen molar-refractivity contribution in [2.45, 2.75) is 0 Å². The Morgan fingerprint density at radius 2 is 2.17 bits per heavy atom. The largest absolute Gasteiger partial charge is 0.497 e. The second-order valence-electron chi connectivity index (χ2n) is 3.02. The zero-order chi connectivity index (χ0) is 13.5. The number of nitrogens with zero attached hydrogens (tertiary/aromatic N) is 2. The Morgan fingerprint density at radius 3 is 2.67 bits per heavy atom. The smallest absolute Gasteiger partial charge is 0.190 e. The van der Waals surface area contributed by atoms with Crippen LogP contribution in [0.2, 0.25) is 0 Å². The van der Waals surface area contributed by atoms with E-state index >= 15 is 0 Å². The summed E-state index contributed by atoms with van der Waals surface area (Å²) in [6.07, 6.45) is 3.45. The minimum Gasteiger partial charge on any atom is -0.497 e. The van der Waals surface area contributed by atoms with Crippen LogP contribution in [0, 0.1) is 17.3 Å². The van der Waals surface area contributed by atoms with Gasteiger partial charge in [-0.05, 0) is 6.26 Å². The minimum atomic E-state index is -0.607. The molecule has 1 aromatic rings. The Balaban J connectivity index is 3.26. The van der Waals surface area contributed by atoms with Gasteiger partial charge in [0.25, 0.3) is 0 Å². The molecule has 0 spiro atoms. The molecule has 0 atom stereocenters. The first kappa shape index (κ1) is 14.1. The van der Waals surface area contributed by atoms with Gasteiger partial charge in [0, 0.05) is 12.1 Å². The molecular weight excluding hydrogens is 257 g/mol. The highest BCUT2D eigenvalue weighted by atomic mass is 32.2. The number of halogens is 1. The molecule has 0 unspecified atom stereocenters. The molecule has 0 heterocycles. The molecule has 18 heavy (non-hydrogen) atoms. The van der Waals surface area contributed by atoms with E-state index in [2.05, 4.69) is 10.3 Å². The van der Waals surface area contributed by atoms with Gasteiger partial charge in [0.1, 0.15) is 11.4 Å². The van der Waals surface area contributed by atoms with E-state index in [1.54, 1.807) is 12.4 Å². The second-order valence-corrected chi connectivity index (χ2v) is 3.82. The van der Waals surface area contributed by atoms with Crippen molar-refractivity contribution in [3.8, 4) is 17.7 Å². The van der Waals surface area contributed by atoms with Gasteiger partial charge in [-0.15, -0.1) is 0 Å². The van der Waals surface area contributed by atoms with Crippen molar-refractivity contribution in [1.29, 1.82) is 5.26 Å². The summed E-state index contributed by atoms with van der Waals surface area (Å²) in [5.41, 5.74) is 0.0401. The third-order valence-electron chi connectivity index (χ3n) is 2.03. The van der Waals surface area contributed by atoms with Crippen LogP contribution < -0.4 is 14.8 Å². The lowest BCUT2D eigenvalue weighted by Gasteiger charge is -2.08. The molecule has 0 aliphatic heterocycles. The SMILES string of the molecule is COc1cc(N=C(NC#N)SC)c(F)c(OC)c1. The van der Waals surface area contributed by atoms with Gasteiger partial charge >= 0.3 is 0 Å². The third kappa shape index (κ3) is 3.28. The fourth-order valence-electron chi connectivity index (χ4n) is 1.19. The highest BCUT2D eigenvalue weighted by Crippen LogP contribution is 2.32. The zero-order valence-electron chi connectivity index (χ0n) is 10.2. The minimum absolute atomic E-state index is 0.0329. The maximum Gasteiger partial charge on any atom is 0.190 e. The van der Waals surface area contributed by atoms with Crippen molar-refractivity contribution >= 4 is 22.6 Å². The van der Waals surface area contributed by atoms with Crippen molar-refractivity contribution in [3.05, 3.63) is 17.9 Å². The summed E-state index contributed by atoms with van der Waals surface area (Å²) in [6, 6.07) is 2.85. The summed E-state index contributed by atoms with van der Waals surface area (Å²) in [5.74, 6) is -0.153. The maximum absolute atomic E-state index is 13.9. The molecule has 0 radical (unpaired) electrons. The van der Waals surface area contributed by atoms with E-state index in [1.807, 2.05) is 0 Å². The van der Waals surface area contributed by atoms with Crippen molar-refractivity contribution in [2.24, 2.45) is 4.99 Å². The molecule has 1 aromatic carbocycles. The fraction of sp³-hybridized carbons (Fsp3) is 0.273. The summed E-state index contributed by atoms with van der Waals surface area (Å²) in [7, 11) is 2.82. The molecule has 0 amide bonds. The van der Waals surface area contributed by atoms with Gasteiger partial charge in [0.2, 0.25) is 0 Å². The van der Waals surface area contributed by atoms with Crippen molar-refractivity contribution in [3.63, 3.8) is 0 Å². The molecule has 1 rings (SSSR count). The van der Waals surface area contributed by atoms with Crippen LogP contribution in [0.4, 0.5) is 10.1 Å². The predicted molar refractivity (Wildman–Crippen MR) is 68.9 cm³/mol. The van der Waals surface area contributed by atoms with Crippen molar-refractivity contribution in [2.75, 3.05) is 20.5 Å². The number of hydrogen-bond donors (Lipinski definition) is 1. The molecule has 0 aliphatic rings. The van der Waals surface area contributed by atoms with Crippen LogP contribution in [0.1, 0.15) is 0 Å². The Hall–Kier alpha value is -1.94. The highest BCUT2D eigenvalue weighted by Gasteiger charge is 2.12. The molecule has 7 heteroatoms.